The smallest absolute Gasteiger partial charge is 0.262 e. The number of hydrogen-bond donors (Lipinski definition) is 5. The molecule has 0 aliphatic carbocycles. The van der Waals surface area contributed by atoms with Crippen molar-refractivity contribution in [3.63, 3.8) is 0 Å². The van der Waals surface area contributed by atoms with Crippen LogP contribution in [0.25, 0.3) is 0 Å². The van der Waals surface area contributed by atoms with Gasteiger partial charge in [-0.15, -0.1) is 12.6 Å². The third kappa shape index (κ3) is 5.03. The summed E-state index contributed by atoms with van der Waals surface area (Å²) in [5.74, 6) is -0.667. The van der Waals surface area contributed by atoms with Crippen LogP contribution in [0, 0.1) is 27.7 Å². The number of phenols is 3. The number of phenolic OH excluding ortho intramolecular Hbond substituents is 3. The van der Waals surface area contributed by atoms with Crippen LogP contribution in [-0.2, 0) is 4.79 Å². The molecule has 32 heavy (non-hydrogen) atoms. The van der Waals surface area contributed by atoms with Crippen LogP contribution >= 0.6 is 12.6 Å². The lowest BCUT2D eigenvalue weighted by molar-refractivity contribution is -0.118. The van der Waals surface area contributed by atoms with Crippen LogP contribution < -0.4 is 14.8 Å². The molecule has 4 N–H and O–H groups in total. The van der Waals surface area contributed by atoms with Crippen molar-refractivity contribution >= 4 is 24.2 Å². The molecule has 0 aromatic heterocycles. The Kier molecular flexibility index (Phi) is 6.74. The molecule has 0 fully saturated rings. The van der Waals surface area contributed by atoms with Crippen LogP contribution in [-0.4, -0.2) is 27.8 Å². The Labute approximate surface area is 191 Å². The largest absolute Gasteiger partial charge is 0.508 e. The van der Waals surface area contributed by atoms with Gasteiger partial charge < -0.3 is 30.1 Å². The fourth-order valence-electron chi connectivity index (χ4n) is 3.09. The molecule has 0 aliphatic heterocycles. The van der Waals surface area contributed by atoms with Gasteiger partial charge in [-0.1, -0.05) is 17.7 Å². The Hall–Kier alpha value is -3.52. The summed E-state index contributed by atoms with van der Waals surface area (Å²) in [5.41, 5.74) is 3.26. The van der Waals surface area contributed by atoms with Gasteiger partial charge in [0.2, 0.25) is 5.75 Å². The molecule has 0 aliphatic rings. The van der Waals surface area contributed by atoms with E-state index in [1.165, 1.54) is 18.2 Å². The summed E-state index contributed by atoms with van der Waals surface area (Å²) in [6, 6.07) is 10.0. The molecule has 0 atom stereocenters. The van der Waals surface area contributed by atoms with Crippen molar-refractivity contribution in [3.8, 4) is 34.5 Å². The van der Waals surface area contributed by atoms with E-state index in [2.05, 4.69) is 17.9 Å². The molecule has 1 amide bonds. The van der Waals surface area contributed by atoms with E-state index in [1.807, 2.05) is 26.0 Å². The van der Waals surface area contributed by atoms with Crippen molar-refractivity contribution in [1.82, 2.24) is 0 Å². The summed E-state index contributed by atoms with van der Waals surface area (Å²) in [7, 11) is 0. The van der Waals surface area contributed by atoms with Crippen molar-refractivity contribution < 1.29 is 29.6 Å². The van der Waals surface area contributed by atoms with Crippen molar-refractivity contribution in [2.75, 3.05) is 11.9 Å². The molecule has 3 aromatic carbocycles. The number of anilines is 1. The van der Waals surface area contributed by atoms with E-state index in [1.54, 1.807) is 19.9 Å². The minimum atomic E-state index is -0.484. The van der Waals surface area contributed by atoms with Gasteiger partial charge in [-0.2, -0.15) is 0 Å². The molecule has 8 heteroatoms. The lowest BCUT2D eigenvalue weighted by Crippen LogP contribution is -2.20. The number of carbonyl (C=O) groups excluding carboxylic acids is 1. The topological polar surface area (TPSA) is 108 Å². The second-order valence-electron chi connectivity index (χ2n) is 7.58. The van der Waals surface area contributed by atoms with E-state index in [9.17, 15) is 20.1 Å². The number of carbonyl (C=O) groups is 1. The molecule has 0 radical (unpaired) electrons. The van der Waals surface area contributed by atoms with E-state index < -0.39 is 17.4 Å². The number of nitrogens with one attached hydrogen (secondary N) is 1. The third-order valence-corrected chi connectivity index (χ3v) is 5.45. The van der Waals surface area contributed by atoms with Gasteiger partial charge in [0.25, 0.3) is 5.91 Å². The molecule has 3 aromatic rings. The Bertz CT molecular complexity index is 1190. The van der Waals surface area contributed by atoms with Gasteiger partial charge in [0.15, 0.2) is 23.9 Å². The summed E-state index contributed by atoms with van der Waals surface area (Å²) in [5, 5.41) is 33.0. The van der Waals surface area contributed by atoms with Crippen LogP contribution in [0.15, 0.2) is 41.3 Å². The molecule has 0 saturated carbocycles. The van der Waals surface area contributed by atoms with Gasteiger partial charge in [-0.05, 0) is 62.6 Å². The molecular formula is C24H25NO6S. The molecule has 0 unspecified atom stereocenters. The zero-order valence-electron chi connectivity index (χ0n) is 18.2. The van der Waals surface area contributed by atoms with Crippen molar-refractivity contribution in [2.24, 2.45) is 0 Å². The van der Waals surface area contributed by atoms with Crippen molar-refractivity contribution in [1.29, 1.82) is 0 Å². The average molecular weight is 456 g/mol. The Morgan fingerprint density at radius 2 is 1.56 bits per heavy atom. The maximum absolute atomic E-state index is 12.5. The number of thiol groups is 1. The number of aromatic hydroxyl groups is 3. The maximum Gasteiger partial charge on any atom is 0.262 e. The Balaban J connectivity index is 1.83. The van der Waals surface area contributed by atoms with Crippen LogP contribution in [0.1, 0.15) is 22.3 Å². The average Bonchev–Trinajstić information content (AvgIpc) is 2.73. The minimum Gasteiger partial charge on any atom is -0.508 e. The normalized spacial score (nSPS) is 10.7. The van der Waals surface area contributed by atoms with Gasteiger partial charge >= 0.3 is 0 Å². The quantitative estimate of drug-likeness (QED) is 0.260. The highest BCUT2D eigenvalue weighted by atomic mass is 32.1. The highest BCUT2D eigenvalue weighted by Gasteiger charge is 2.18. The third-order valence-electron chi connectivity index (χ3n) is 4.88. The second kappa shape index (κ2) is 9.32. The predicted octanol–water partition coefficient (Wildman–Crippen LogP) is 5.14. The number of amides is 1. The molecule has 0 heterocycles. The molecule has 3 rings (SSSR count). The minimum absolute atomic E-state index is 0.0232. The monoisotopic (exact) mass is 455 g/mol. The first-order valence-corrected chi connectivity index (χ1v) is 10.3. The van der Waals surface area contributed by atoms with Gasteiger partial charge in [-0.3, -0.25) is 4.79 Å². The van der Waals surface area contributed by atoms with Crippen molar-refractivity contribution in [3.05, 3.63) is 58.7 Å². The first kappa shape index (κ1) is 23.1. The summed E-state index contributed by atoms with van der Waals surface area (Å²) >= 11 is 4.15. The number of benzene rings is 3. The van der Waals surface area contributed by atoms with E-state index >= 15 is 0 Å². The van der Waals surface area contributed by atoms with Crippen LogP contribution in [0.4, 0.5) is 5.69 Å². The molecule has 0 saturated heterocycles. The van der Waals surface area contributed by atoms with Crippen LogP contribution in [0.3, 0.4) is 0 Å². The molecular weight excluding hydrogens is 430 g/mol. The van der Waals surface area contributed by atoms with Gasteiger partial charge in [0, 0.05) is 6.07 Å². The van der Waals surface area contributed by atoms with E-state index in [-0.39, 0.29) is 34.4 Å². The standard InChI is InChI=1S/C24H25NO6S/c1-12-5-6-18(14(3)7-12)30-11-21(27)25-16-10-17(26)13(2)8-19(16)31-20-9-15(4)24(32)23(29)22(20)28/h5-10,26,28-29,32H,11H2,1-4H3,(H,25,27). The van der Waals surface area contributed by atoms with Crippen molar-refractivity contribution in [2.45, 2.75) is 32.6 Å². The summed E-state index contributed by atoms with van der Waals surface area (Å²) in [6.07, 6.45) is 0. The summed E-state index contributed by atoms with van der Waals surface area (Å²) in [6.45, 7) is 6.97. The van der Waals surface area contributed by atoms with E-state index in [0.717, 1.165) is 11.1 Å². The lowest BCUT2D eigenvalue weighted by Gasteiger charge is -2.17. The van der Waals surface area contributed by atoms with Crippen LogP contribution in [0.2, 0.25) is 0 Å². The Morgan fingerprint density at radius 1 is 0.875 bits per heavy atom. The fourth-order valence-corrected chi connectivity index (χ4v) is 3.26. The molecule has 0 bridgehead atoms. The number of aryl methyl sites for hydroxylation is 4. The van der Waals surface area contributed by atoms with Gasteiger partial charge in [-0.25, -0.2) is 0 Å². The maximum atomic E-state index is 12.5. The zero-order chi connectivity index (χ0) is 23.6. The molecule has 0 spiro atoms. The fraction of sp³-hybridized carbons (Fsp3) is 0.208. The number of rotatable bonds is 6. The van der Waals surface area contributed by atoms with Gasteiger partial charge in [0.1, 0.15) is 11.5 Å². The number of hydrogen-bond acceptors (Lipinski definition) is 7. The summed E-state index contributed by atoms with van der Waals surface area (Å²) < 4.78 is 11.4. The molecule has 7 nitrogen and oxygen atoms in total. The predicted molar refractivity (Wildman–Crippen MR) is 125 cm³/mol. The highest BCUT2D eigenvalue weighted by molar-refractivity contribution is 7.80. The van der Waals surface area contributed by atoms with E-state index in [4.69, 9.17) is 9.47 Å². The zero-order valence-corrected chi connectivity index (χ0v) is 19.1. The van der Waals surface area contributed by atoms with E-state index in [0.29, 0.717) is 16.9 Å². The Morgan fingerprint density at radius 3 is 2.25 bits per heavy atom. The number of ether oxygens (including phenoxy) is 2. The van der Waals surface area contributed by atoms with Gasteiger partial charge in [0.05, 0.1) is 10.6 Å². The summed E-state index contributed by atoms with van der Waals surface area (Å²) in [4.78, 5) is 12.7. The SMILES string of the molecule is Cc1ccc(OCC(=O)Nc2cc(O)c(C)cc2Oc2cc(C)c(S)c(O)c2O)c(C)c1. The highest BCUT2D eigenvalue weighted by Crippen LogP contribution is 2.45. The molecule has 168 valence electrons. The van der Waals surface area contributed by atoms with Crippen LogP contribution in [0.5, 0.6) is 34.5 Å². The second-order valence-corrected chi connectivity index (χ2v) is 8.03. The first-order chi connectivity index (χ1) is 15.1. The lowest BCUT2D eigenvalue weighted by atomic mass is 10.1. The first-order valence-electron chi connectivity index (χ1n) is 9.82.